The zero-order valence-electron chi connectivity index (χ0n) is 48.1. The molecule has 0 aliphatic carbocycles. The first kappa shape index (κ1) is 52.4. The zero-order chi connectivity index (χ0) is 53.7. The highest BCUT2D eigenvalue weighted by molar-refractivity contribution is 6.13. The maximum atomic E-state index is 7.26. The van der Waals surface area contributed by atoms with Gasteiger partial charge in [-0.3, -0.25) is 9.89 Å². The lowest BCUT2D eigenvalue weighted by atomic mass is 9.66. The van der Waals surface area contributed by atoms with E-state index < -0.39 is 11.1 Å². The number of amidine groups is 1. The summed E-state index contributed by atoms with van der Waals surface area (Å²) in [5.41, 5.74) is 14.8. The van der Waals surface area contributed by atoms with Crippen molar-refractivity contribution in [1.29, 1.82) is 0 Å². The molecule has 1 aromatic heterocycles. The minimum Gasteiger partial charge on any atom is -0.457 e. The molecule has 74 heavy (non-hydrogen) atoms. The summed E-state index contributed by atoms with van der Waals surface area (Å²) in [7, 11) is 0. The first-order valence-corrected chi connectivity index (χ1v) is 26.9. The van der Waals surface area contributed by atoms with Gasteiger partial charge in [0.1, 0.15) is 23.2 Å². The topological polar surface area (TPSA) is 41.0 Å². The van der Waals surface area contributed by atoms with Crippen LogP contribution >= 0.6 is 0 Å². The highest BCUT2D eigenvalue weighted by Gasteiger charge is 2.58. The fourth-order valence-electron chi connectivity index (χ4n) is 11.4. The van der Waals surface area contributed by atoms with Gasteiger partial charge in [-0.1, -0.05) is 176 Å². The van der Waals surface area contributed by atoms with Crippen molar-refractivity contribution in [3.05, 3.63) is 207 Å². The molecule has 384 valence electrons. The van der Waals surface area contributed by atoms with Crippen LogP contribution in [0.5, 0.6) is 11.5 Å². The van der Waals surface area contributed by atoms with Gasteiger partial charge in [0.15, 0.2) is 0 Å². The molecular weight excluding hydrogens is 901 g/mol. The molecule has 0 saturated heterocycles. The van der Waals surface area contributed by atoms with E-state index in [1.54, 1.807) is 0 Å². The van der Waals surface area contributed by atoms with Crippen LogP contribution in [0.4, 0.5) is 22.9 Å². The maximum Gasteiger partial charge on any atom is 0.141 e. The van der Waals surface area contributed by atoms with Crippen LogP contribution in [-0.4, -0.2) is 21.9 Å². The zero-order valence-corrected chi connectivity index (χ0v) is 48.1. The van der Waals surface area contributed by atoms with E-state index in [1.165, 1.54) is 44.5 Å². The third-order valence-corrected chi connectivity index (χ3v) is 16.3. The summed E-state index contributed by atoms with van der Waals surface area (Å²) in [5, 5.41) is 0. The van der Waals surface area contributed by atoms with E-state index in [4.69, 9.17) is 14.7 Å². The number of anilines is 4. The van der Waals surface area contributed by atoms with E-state index in [-0.39, 0.29) is 33.0 Å². The predicted molar refractivity (Wildman–Crippen MR) is 315 cm³/mol. The summed E-state index contributed by atoms with van der Waals surface area (Å²) < 4.78 is 7.26. The first-order chi connectivity index (χ1) is 34.4. The standard InChI is InChI=1S/C69H82N4O/c1-44-32-53(72-59-31-30-49(63(3,4)5)41-57(59)67(15,16)58-34-45(2)43-70-62(58)72)42-55(33-44)74-56-36-48(35-50(40-56)64(6,7)8)61-71-68(17,18)69(19,60(46-26-22-20-23-27-46)47-28-24-21-25-29-47)73(61)54-38-51(65(9,10)11)37-52(39-54)66(12,13)14/h20-43,60H,1-19H3/t69-/m0/s1. The van der Waals surface area contributed by atoms with E-state index in [9.17, 15) is 0 Å². The molecule has 5 nitrogen and oxygen atoms in total. The first-order valence-electron chi connectivity index (χ1n) is 26.9. The molecule has 7 aromatic rings. The van der Waals surface area contributed by atoms with Crippen LogP contribution < -0.4 is 14.5 Å². The number of benzene rings is 6. The van der Waals surface area contributed by atoms with Crippen LogP contribution in [0, 0.1) is 13.8 Å². The van der Waals surface area contributed by atoms with Crippen molar-refractivity contribution in [3.63, 3.8) is 0 Å². The van der Waals surface area contributed by atoms with Crippen molar-refractivity contribution in [2.45, 2.75) is 176 Å². The second-order valence-electron chi connectivity index (χ2n) is 26.9. The van der Waals surface area contributed by atoms with E-state index in [0.717, 1.165) is 56.9 Å². The smallest absolute Gasteiger partial charge is 0.141 e. The molecule has 5 heteroatoms. The number of hydrogen-bond acceptors (Lipinski definition) is 5. The van der Waals surface area contributed by atoms with Crippen molar-refractivity contribution in [3.8, 4) is 11.5 Å². The van der Waals surface area contributed by atoms with Gasteiger partial charge in [-0.2, -0.15) is 0 Å². The van der Waals surface area contributed by atoms with Crippen LogP contribution in [0.15, 0.2) is 151 Å². The summed E-state index contributed by atoms with van der Waals surface area (Å²) in [6.07, 6.45) is 2.00. The number of fused-ring (bicyclic) bond motifs is 2. The fraction of sp³-hybridized carbons (Fsp3) is 0.391. The van der Waals surface area contributed by atoms with Gasteiger partial charge in [0.2, 0.25) is 0 Å². The SMILES string of the molecule is Cc1cc(Oc2cc(C3=NC(C)(C)[C@](C)(C(c4ccccc4)c4ccccc4)N3c3cc(C(C)(C)C)cc(C(C)(C)C)c3)cc(C(C)(C)C)c2)cc(N2c3ccc(C(C)(C)C)cc3C(C)(C)c3cc(C)cnc32)c1. The maximum absolute atomic E-state index is 7.26. The molecule has 6 aromatic carbocycles. The Balaban J connectivity index is 1.24. The van der Waals surface area contributed by atoms with Crippen LogP contribution in [0.25, 0.3) is 0 Å². The highest BCUT2D eigenvalue weighted by atomic mass is 16.5. The van der Waals surface area contributed by atoms with Crippen molar-refractivity contribution in [2.75, 3.05) is 9.80 Å². The van der Waals surface area contributed by atoms with Crippen molar-refractivity contribution >= 4 is 28.7 Å². The Labute approximate surface area is 445 Å². The molecule has 3 heterocycles. The number of ether oxygens (including phenoxy) is 1. The molecule has 2 aliphatic heterocycles. The molecule has 0 fully saturated rings. The molecule has 0 spiro atoms. The van der Waals surface area contributed by atoms with E-state index in [0.29, 0.717) is 0 Å². The number of aryl methyl sites for hydroxylation is 2. The summed E-state index contributed by atoms with van der Waals surface area (Å²) in [6.45, 7) is 43.8. The van der Waals surface area contributed by atoms with Gasteiger partial charge in [0.25, 0.3) is 0 Å². The fourth-order valence-corrected chi connectivity index (χ4v) is 11.4. The molecule has 0 bridgehead atoms. The van der Waals surface area contributed by atoms with Gasteiger partial charge in [0.05, 0.1) is 22.5 Å². The van der Waals surface area contributed by atoms with Gasteiger partial charge in [-0.15, -0.1) is 0 Å². The minimum absolute atomic E-state index is 0.00133. The second kappa shape index (κ2) is 18.1. The number of aromatic nitrogens is 1. The van der Waals surface area contributed by atoms with Crippen molar-refractivity contribution in [2.24, 2.45) is 4.99 Å². The molecule has 1 atom stereocenters. The number of nitrogens with zero attached hydrogens (tertiary/aromatic N) is 4. The third-order valence-electron chi connectivity index (χ3n) is 16.3. The summed E-state index contributed by atoms with van der Waals surface area (Å²) in [4.78, 5) is 16.1. The quantitative estimate of drug-likeness (QED) is 0.152. The molecule has 0 unspecified atom stereocenters. The van der Waals surface area contributed by atoms with Gasteiger partial charge < -0.3 is 9.64 Å². The van der Waals surface area contributed by atoms with Crippen LogP contribution in [-0.2, 0) is 27.1 Å². The van der Waals surface area contributed by atoms with E-state index in [1.807, 2.05) is 6.20 Å². The third kappa shape index (κ3) is 9.50. The molecule has 0 amide bonds. The lowest BCUT2D eigenvalue weighted by Crippen LogP contribution is -2.60. The molecule has 9 rings (SSSR count). The van der Waals surface area contributed by atoms with Gasteiger partial charge in [0, 0.05) is 40.4 Å². The lowest BCUT2D eigenvalue weighted by molar-refractivity contribution is 0.279. The van der Waals surface area contributed by atoms with Crippen LogP contribution in [0.2, 0.25) is 0 Å². The van der Waals surface area contributed by atoms with E-state index >= 15 is 0 Å². The van der Waals surface area contributed by atoms with Gasteiger partial charge in [-0.05, 0) is 161 Å². The minimum atomic E-state index is -0.600. The number of aliphatic imine (C=N–C) groups is 1. The average Bonchev–Trinajstić information content (AvgIpc) is 3.52. The Hall–Kier alpha value is -6.46. The average molecular weight is 983 g/mol. The van der Waals surface area contributed by atoms with Gasteiger partial charge in [-0.25, -0.2) is 4.98 Å². The normalized spacial score (nSPS) is 17.5. The Morgan fingerprint density at radius 3 is 1.58 bits per heavy atom. The Kier molecular flexibility index (Phi) is 12.8. The molecular formula is C69H82N4O. The monoisotopic (exact) mass is 983 g/mol. The largest absolute Gasteiger partial charge is 0.457 e. The Bertz CT molecular complexity index is 3210. The molecule has 0 radical (unpaired) electrons. The predicted octanol–water partition coefficient (Wildman–Crippen LogP) is 18.4. The molecule has 2 aliphatic rings. The Morgan fingerprint density at radius 2 is 1.03 bits per heavy atom. The second-order valence-corrected chi connectivity index (χ2v) is 26.9. The summed E-state index contributed by atoms with van der Waals surface area (Å²) in [6, 6.07) is 52.2. The van der Waals surface area contributed by atoms with Crippen LogP contribution in [0.1, 0.15) is 185 Å². The van der Waals surface area contributed by atoms with Crippen molar-refractivity contribution in [1.82, 2.24) is 4.98 Å². The van der Waals surface area contributed by atoms with Crippen LogP contribution in [0.3, 0.4) is 0 Å². The Morgan fingerprint density at radius 1 is 0.486 bits per heavy atom. The molecule has 0 N–H and O–H groups in total. The highest BCUT2D eigenvalue weighted by Crippen LogP contribution is 2.55. The number of pyridine rings is 1. The summed E-state index contributed by atoms with van der Waals surface area (Å²) in [5.74, 6) is 3.35. The lowest BCUT2D eigenvalue weighted by Gasteiger charge is -2.50. The number of hydrogen-bond donors (Lipinski definition) is 0. The molecule has 0 saturated carbocycles. The number of rotatable bonds is 8. The van der Waals surface area contributed by atoms with E-state index in [2.05, 4.69) is 281 Å². The summed E-state index contributed by atoms with van der Waals surface area (Å²) >= 11 is 0. The van der Waals surface area contributed by atoms with Gasteiger partial charge >= 0.3 is 0 Å². The van der Waals surface area contributed by atoms with Crippen molar-refractivity contribution < 1.29 is 4.74 Å².